The Bertz CT molecular complexity index is 783. The first-order chi connectivity index (χ1) is 13.6. The van der Waals surface area contributed by atoms with Crippen LogP contribution in [-0.4, -0.2) is 35.1 Å². The zero-order valence-electron chi connectivity index (χ0n) is 16.1. The van der Waals surface area contributed by atoms with E-state index in [0.717, 1.165) is 37.8 Å². The lowest BCUT2D eigenvalue weighted by atomic mass is 9.89. The van der Waals surface area contributed by atoms with E-state index in [2.05, 4.69) is 23.5 Å². The predicted octanol–water partition coefficient (Wildman–Crippen LogP) is 4.90. The summed E-state index contributed by atoms with van der Waals surface area (Å²) in [6.45, 7) is 1.13. The van der Waals surface area contributed by atoms with Gasteiger partial charge in [-0.3, -0.25) is 4.79 Å². The van der Waals surface area contributed by atoms with Crippen molar-refractivity contribution >= 4 is 17.7 Å². The molecule has 2 N–H and O–H groups in total. The molecule has 1 fully saturated rings. The molecule has 0 bridgehead atoms. The number of carboxylic acid groups (broad SMARTS) is 1. The Kier molecular flexibility index (Phi) is 7.06. The van der Waals surface area contributed by atoms with Gasteiger partial charge in [0, 0.05) is 25.2 Å². The van der Waals surface area contributed by atoms with Gasteiger partial charge in [0.1, 0.15) is 0 Å². The molecule has 0 aliphatic carbocycles. The van der Waals surface area contributed by atoms with E-state index < -0.39 is 6.09 Å². The molecule has 0 aromatic heterocycles. The third-order valence-corrected chi connectivity index (χ3v) is 5.37. The van der Waals surface area contributed by atoms with E-state index in [1.165, 1.54) is 16.0 Å². The Labute approximate surface area is 166 Å². The van der Waals surface area contributed by atoms with Crippen LogP contribution < -0.4 is 5.32 Å². The molecule has 28 heavy (non-hydrogen) atoms. The predicted molar refractivity (Wildman–Crippen MR) is 111 cm³/mol. The van der Waals surface area contributed by atoms with Crippen LogP contribution in [0.2, 0.25) is 0 Å². The van der Waals surface area contributed by atoms with Crippen LogP contribution in [0.1, 0.15) is 49.1 Å². The van der Waals surface area contributed by atoms with E-state index in [-0.39, 0.29) is 5.91 Å². The van der Waals surface area contributed by atoms with Crippen molar-refractivity contribution in [1.82, 2.24) is 4.90 Å². The third kappa shape index (κ3) is 5.84. The van der Waals surface area contributed by atoms with Crippen molar-refractivity contribution in [1.29, 1.82) is 0 Å². The SMILES string of the molecule is O=C(CCCCc1ccccc1)Nc1cccc(C2CCN(C(=O)O)CC2)c1. The van der Waals surface area contributed by atoms with E-state index in [1.54, 1.807) is 0 Å². The molecule has 0 unspecified atom stereocenters. The topological polar surface area (TPSA) is 69.6 Å². The van der Waals surface area contributed by atoms with Gasteiger partial charge in [0.25, 0.3) is 0 Å². The van der Waals surface area contributed by atoms with Gasteiger partial charge in [0.2, 0.25) is 5.91 Å². The Morgan fingerprint density at radius 1 is 1.00 bits per heavy atom. The summed E-state index contributed by atoms with van der Waals surface area (Å²) in [7, 11) is 0. The van der Waals surface area contributed by atoms with Crippen LogP contribution in [0.3, 0.4) is 0 Å². The van der Waals surface area contributed by atoms with Gasteiger partial charge in [0.05, 0.1) is 0 Å². The summed E-state index contributed by atoms with van der Waals surface area (Å²) >= 11 is 0. The van der Waals surface area contributed by atoms with Crippen molar-refractivity contribution in [3.05, 3.63) is 65.7 Å². The number of rotatable bonds is 7. The van der Waals surface area contributed by atoms with Gasteiger partial charge in [-0.25, -0.2) is 4.79 Å². The van der Waals surface area contributed by atoms with Crippen molar-refractivity contribution < 1.29 is 14.7 Å². The lowest BCUT2D eigenvalue weighted by molar-refractivity contribution is -0.116. The summed E-state index contributed by atoms with van der Waals surface area (Å²) in [5.41, 5.74) is 3.31. The van der Waals surface area contributed by atoms with Crippen molar-refractivity contribution in [2.45, 2.75) is 44.4 Å². The van der Waals surface area contributed by atoms with Crippen LogP contribution >= 0.6 is 0 Å². The molecule has 1 heterocycles. The number of aryl methyl sites for hydroxylation is 1. The highest BCUT2D eigenvalue weighted by atomic mass is 16.4. The molecule has 3 rings (SSSR count). The highest BCUT2D eigenvalue weighted by Gasteiger charge is 2.23. The molecule has 0 radical (unpaired) electrons. The molecule has 1 saturated heterocycles. The molecule has 148 valence electrons. The second kappa shape index (κ2) is 9.93. The van der Waals surface area contributed by atoms with Gasteiger partial charge in [-0.15, -0.1) is 0 Å². The molecular formula is C23H28N2O3. The minimum Gasteiger partial charge on any atom is -0.465 e. The standard InChI is InChI=1S/C23H28N2O3/c26-22(12-5-4-9-18-7-2-1-3-8-18)24-21-11-6-10-20(17-21)19-13-15-25(16-14-19)23(27)28/h1-3,6-8,10-11,17,19H,4-5,9,12-16H2,(H,24,26)(H,27,28). The Balaban J connectivity index is 1.43. The molecular weight excluding hydrogens is 352 g/mol. The minimum absolute atomic E-state index is 0.0471. The van der Waals surface area contributed by atoms with Gasteiger partial charge >= 0.3 is 6.09 Å². The number of unbranched alkanes of at least 4 members (excludes halogenated alkanes) is 1. The Hall–Kier alpha value is -2.82. The van der Waals surface area contributed by atoms with Gasteiger partial charge in [-0.2, -0.15) is 0 Å². The maximum atomic E-state index is 12.2. The molecule has 0 saturated carbocycles. The van der Waals surface area contributed by atoms with Crippen LogP contribution in [0.4, 0.5) is 10.5 Å². The second-order valence-electron chi connectivity index (χ2n) is 7.41. The fourth-order valence-corrected chi connectivity index (χ4v) is 3.76. The Morgan fingerprint density at radius 2 is 1.75 bits per heavy atom. The highest BCUT2D eigenvalue weighted by Crippen LogP contribution is 2.29. The van der Waals surface area contributed by atoms with E-state index in [1.807, 2.05) is 36.4 Å². The molecule has 2 aromatic carbocycles. The second-order valence-corrected chi connectivity index (χ2v) is 7.41. The first kappa shape index (κ1) is 19.9. The Morgan fingerprint density at radius 3 is 2.46 bits per heavy atom. The number of hydrogen-bond donors (Lipinski definition) is 2. The number of benzene rings is 2. The number of amides is 2. The van der Waals surface area contributed by atoms with Gasteiger partial charge in [0.15, 0.2) is 0 Å². The van der Waals surface area contributed by atoms with E-state index in [9.17, 15) is 9.59 Å². The average molecular weight is 380 g/mol. The van der Waals surface area contributed by atoms with Crippen LogP contribution in [0, 0.1) is 0 Å². The highest BCUT2D eigenvalue weighted by molar-refractivity contribution is 5.90. The quantitative estimate of drug-likeness (QED) is 0.672. The van der Waals surface area contributed by atoms with E-state index in [4.69, 9.17) is 5.11 Å². The first-order valence-electron chi connectivity index (χ1n) is 10.0. The summed E-state index contributed by atoms with van der Waals surface area (Å²) in [5.74, 6) is 0.393. The molecule has 2 aromatic rings. The lowest BCUT2D eigenvalue weighted by Gasteiger charge is -2.30. The summed E-state index contributed by atoms with van der Waals surface area (Å²) < 4.78 is 0. The van der Waals surface area contributed by atoms with Gasteiger partial charge < -0.3 is 15.3 Å². The molecule has 1 aliphatic heterocycles. The van der Waals surface area contributed by atoms with E-state index >= 15 is 0 Å². The largest absolute Gasteiger partial charge is 0.465 e. The molecule has 2 amide bonds. The molecule has 0 atom stereocenters. The van der Waals surface area contributed by atoms with Gasteiger partial charge in [-0.05, 0) is 61.3 Å². The fraction of sp³-hybridized carbons (Fsp3) is 0.391. The number of likely N-dealkylation sites (tertiary alicyclic amines) is 1. The molecule has 1 aliphatic rings. The van der Waals surface area contributed by atoms with Crippen LogP contribution in [0.5, 0.6) is 0 Å². The number of hydrogen-bond acceptors (Lipinski definition) is 2. The summed E-state index contributed by atoms with van der Waals surface area (Å²) in [4.78, 5) is 24.8. The van der Waals surface area contributed by atoms with Crippen LogP contribution in [-0.2, 0) is 11.2 Å². The first-order valence-corrected chi connectivity index (χ1v) is 10.0. The number of carbonyl (C=O) groups is 2. The number of nitrogens with zero attached hydrogens (tertiary/aromatic N) is 1. The van der Waals surface area contributed by atoms with Crippen molar-refractivity contribution in [2.24, 2.45) is 0 Å². The zero-order chi connectivity index (χ0) is 19.8. The summed E-state index contributed by atoms with van der Waals surface area (Å²) in [6, 6.07) is 18.3. The third-order valence-electron chi connectivity index (χ3n) is 5.37. The number of carbonyl (C=O) groups excluding carboxylic acids is 1. The van der Waals surface area contributed by atoms with Crippen LogP contribution in [0.25, 0.3) is 0 Å². The molecule has 5 heteroatoms. The summed E-state index contributed by atoms with van der Waals surface area (Å²) in [5, 5.41) is 12.1. The van der Waals surface area contributed by atoms with E-state index in [0.29, 0.717) is 25.4 Å². The van der Waals surface area contributed by atoms with Crippen molar-refractivity contribution in [2.75, 3.05) is 18.4 Å². The van der Waals surface area contributed by atoms with Crippen molar-refractivity contribution in [3.63, 3.8) is 0 Å². The monoisotopic (exact) mass is 380 g/mol. The smallest absolute Gasteiger partial charge is 0.407 e. The van der Waals surface area contributed by atoms with Crippen molar-refractivity contribution in [3.8, 4) is 0 Å². The zero-order valence-corrected chi connectivity index (χ0v) is 16.1. The number of nitrogens with one attached hydrogen (secondary N) is 1. The maximum Gasteiger partial charge on any atom is 0.407 e. The fourth-order valence-electron chi connectivity index (χ4n) is 3.76. The normalized spacial score (nSPS) is 14.6. The number of anilines is 1. The average Bonchev–Trinajstić information content (AvgIpc) is 2.72. The number of piperidine rings is 1. The maximum absolute atomic E-state index is 12.2. The van der Waals surface area contributed by atoms with Gasteiger partial charge in [-0.1, -0.05) is 42.5 Å². The van der Waals surface area contributed by atoms with Crippen LogP contribution in [0.15, 0.2) is 54.6 Å². The molecule has 5 nitrogen and oxygen atoms in total. The summed E-state index contributed by atoms with van der Waals surface area (Å²) in [6.07, 6.45) is 4.19. The lowest BCUT2D eigenvalue weighted by Crippen LogP contribution is -2.36. The minimum atomic E-state index is -0.841. The molecule has 0 spiro atoms.